The second-order valence-corrected chi connectivity index (χ2v) is 3.78. The molecule has 0 aliphatic heterocycles. The minimum absolute atomic E-state index is 0.273. The Kier molecular flexibility index (Phi) is 3.39. The van der Waals surface area contributed by atoms with Crippen LogP contribution in [-0.4, -0.2) is 5.11 Å². The molecule has 0 aliphatic carbocycles. The molecule has 2 rings (SSSR count). The third kappa shape index (κ3) is 2.51. The van der Waals surface area contributed by atoms with Crippen LogP contribution in [0.3, 0.4) is 0 Å². The highest BCUT2D eigenvalue weighted by Gasteiger charge is 2.15. The number of hydrogen-bond donors (Lipinski definition) is 2. The monoisotopic (exact) mass is 217 g/mol. The van der Waals surface area contributed by atoms with Crippen LogP contribution in [0.2, 0.25) is 0 Å². The van der Waals surface area contributed by atoms with Gasteiger partial charge in [-0.25, -0.2) is 0 Å². The molecule has 0 spiro atoms. The van der Waals surface area contributed by atoms with E-state index in [9.17, 15) is 5.11 Å². The van der Waals surface area contributed by atoms with Crippen LogP contribution in [0, 0.1) is 0 Å². The first-order chi connectivity index (χ1) is 7.77. The van der Waals surface area contributed by atoms with E-state index in [1.807, 2.05) is 36.4 Å². The Balaban J connectivity index is 2.00. The van der Waals surface area contributed by atoms with Crippen molar-refractivity contribution in [2.24, 2.45) is 5.73 Å². The van der Waals surface area contributed by atoms with E-state index < -0.39 is 6.10 Å². The quantitative estimate of drug-likeness (QED) is 0.826. The molecule has 3 nitrogen and oxygen atoms in total. The van der Waals surface area contributed by atoms with Crippen molar-refractivity contribution in [2.75, 3.05) is 0 Å². The molecule has 84 valence electrons. The lowest BCUT2D eigenvalue weighted by Gasteiger charge is -2.14. The van der Waals surface area contributed by atoms with Gasteiger partial charge in [-0.1, -0.05) is 30.3 Å². The van der Waals surface area contributed by atoms with Crippen LogP contribution in [0.25, 0.3) is 0 Å². The first kappa shape index (κ1) is 10.9. The number of hydrogen-bond acceptors (Lipinski definition) is 3. The van der Waals surface area contributed by atoms with E-state index in [0.717, 1.165) is 5.56 Å². The zero-order valence-corrected chi connectivity index (χ0v) is 8.91. The summed E-state index contributed by atoms with van der Waals surface area (Å²) in [7, 11) is 0. The molecule has 0 aliphatic rings. The molecule has 0 fully saturated rings. The number of nitrogens with two attached hydrogens (primary N) is 1. The first-order valence-electron chi connectivity index (χ1n) is 5.29. The number of aliphatic hydroxyl groups excluding tert-OH is 1. The molecule has 1 aromatic heterocycles. The molecule has 1 aromatic carbocycles. The van der Waals surface area contributed by atoms with Gasteiger partial charge in [-0.05, 0) is 24.1 Å². The Hall–Kier alpha value is -1.58. The van der Waals surface area contributed by atoms with E-state index in [4.69, 9.17) is 10.2 Å². The van der Waals surface area contributed by atoms with Crippen molar-refractivity contribution in [3.63, 3.8) is 0 Å². The summed E-state index contributed by atoms with van der Waals surface area (Å²) >= 11 is 0. The fourth-order valence-corrected chi connectivity index (χ4v) is 1.67. The van der Waals surface area contributed by atoms with E-state index in [0.29, 0.717) is 12.2 Å². The molecular formula is C13H15NO2. The minimum atomic E-state index is -0.554. The van der Waals surface area contributed by atoms with Gasteiger partial charge in [0.2, 0.25) is 0 Å². The summed E-state index contributed by atoms with van der Waals surface area (Å²) in [6, 6.07) is 12.8. The van der Waals surface area contributed by atoms with Gasteiger partial charge in [0.15, 0.2) is 0 Å². The van der Waals surface area contributed by atoms with Crippen molar-refractivity contribution in [3.8, 4) is 0 Å². The fourth-order valence-electron chi connectivity index (χ4n) is 1.67. The van der Waals surface area contributed by atoms with Crippen molar-refractivity contribution >= 4 is 0 Å². The van der Waals surface area contributed by atoms with Crippen molar-refractivity contribution < 1.29 is 9.52 Å². The van der Waals surface area contributed by atoms with Gasteiger partial charge in [0, 0.05) is 0 Å². The summed E-state index contributed by atoms with van der Waals surface area (Å²) in [4.78, 5) is 0. The van der Waals surface area contributed by atoms with Gasteiger partial charge in [0.1, 0.15) is 5.76 Å². The summed E-state index contributed by atoms with van der Waals surface area (Å²) in [5.41, 5.74) is 6.80. The Bertz CT molecular complexity index is 411. The van der Waals surface area contributed by atoms with Gasteiger partial charge in [-0.15, -0.1) is 0 Å². The van der Waals surface area contributed by atoms with Crippen molar-refractivity contribution in [2.45, 2.75) is 18.6 Å². The van der Waals surface area contributed by atoms with Crippen LogP contribution < -0.4 is 5.73 Å². The number of aliphatic hydroxyl groups is 1. The maximum absolute atomic E-state index is 9.97. The van der Waals surface area contributed by atoms with Crippen molar-refractivity contribution in [3.05, 3.63) is 60.1 Å². The third-order valence-electron chi connectivity index (χ3n) is 2.57. The molecule has 3 N–H and O–H groups in total. The predicted molar refractivity (Wildman–Crippen MR) is 61.7 cm³/mol. The minimum Gasteiger partial charge on any atom is -0.468 e. The molecule has 2 aromatic rings. The first-order valence-corrected chi connectivity index (χ1v) is 5.29. The van der Waals surface area contributed by atoms with Gasteiger partial charge in [0.05, 0.1) is 18.4 Å². The van der Waals surface area contributed by atoms with Crippen LogP contribution >= 0.6 is 0 Å². The summed E-state index contributed by atoms with van der Waals surface area (Å²) in [6.45, 7) is 0. The van der Waals surface area contributed by atoms with Gasteiger partial charge in [0.25, 0.3) is 0 Å². The lowest BCUT2D eigenvalue weighted by molar-refractivity contribution is 0.154. The fraction of sp³-hybridized carbons (Fsp3) is 0.231. The number of furan rings is 1. The molecule has 0 bridgehead atoms. The SMILES string of the molecule is NC(CC(O)c1ccccc1)c1ccco1. The lowest BCUT2D eigenvalue weighted by Crippen LogP contribution is -2.13. The smallest absolute Gasteiger partial charge is 0.120 e. The number of rotatable bonds is 4. The Labute approximate surface area is 94.5 Å². The molecule has 0 radical (unpaired) electrons. The van der Waals surface area contributed by atoms with Gasteiger partial charge >= 0.3 is 0 Å². The highest BCUT2D eigenvalue weighted by atomic mass is 16.3. The maximum Gasteiger partial charge on any atom is 0.120 e. The van der Waals surface area contributed by atoms with E-state index >= 15 is 0 Å². The Morgan fingerprint density at radius 2 is 1.88 bits per heavy atom. The highest BCUT2D eigenvalue weighted by molar-refractivity contribution is 5.18. The van der Waals surface area contributed by atoms with Crippen molar-refractivity contribution in [1.29, 1.82) is 0 Å². The van der Waals surface area contributed by atoms with Crippen LogP contribution in [0.4, 0.5) is 0 Å². The molecule has 2 atom stereocenters. The lowest BCUT2D eigenvalue weighted by atomic mass is 10.0. The average Bonchev–Trinajstić information content (AvgIpc) is 2.83. The zero-order valence-electron chi connectivity index (χ0n) is 8.91. The molecule has 16 heavy (non-hydrogen) atoms. The van der Waals surface area contributed by atoms with Crippen LogP contribution in [0.5, 0.6) is 0 Å². The van der Waals surface area contributed by atoms with Crippen molar-refractivity contribution in [1.82, 2.24) is 0 Å². The molecule has 0 saturated heterocycles. The largest absolute Gasteiger partial charge is 0.468 e. The Morgan fingerprint density at radius 1 is 1.12 bits per heavy atom. The third-order valence-corrected chi connectivity index (χ3v) is 2.57. The van der Waals surface area contributed by atoms with Crippen LogP contribution in [0.15, 0.2) is 53.1 Å². The average molecular weight is 217 g/mol. The van der Waals surface area contributed by atoms with E-state index in [-0.39, 0.29) is 6.04 Å². The summed E-state index contributed by atoms with van der Waals surface area (Å²) < 4.78 is 5.20. The molecule has 1 heterocycles. The van der Waals surface area contributed by atoms with E-state index in [2.05, 4.69) is 0 Å². The summed E-state index contributed by atoms with van der Waals surface area (Å²) in [5, 5.41) is 9.97. The second kappa shape index (κ2) is 4.96. The highest BCUT2D eigenvalue weighted by Crippen LogP contribution is 2.24. The molecular weight excluding hydrogens is 202 g/mol. The molecule has 0 amide bonds. The second-order valence-electron chi connectivity index (χ2n) is 3.78. The summed E-state index contributed by atoms with van der Waals surface area (Å²) in [6.07, 6.45) is 1.49. The maximum atomic E-state index is 9.97. The normalized spacial score (nSPS) is 14.6. The van der Waals surface area contributed by atoms with Gasteiger partial charge in [-0.3, -0.25) is 0 Å². The predicted octanol–water partition coefficient (Wildman–Crippen LogP) is 2.40. The van der Waals surface area contributed by atoms with Gasteiger partial charge in [-0.2, -0.15) is 0 Å². The topological polar surface area (TPSA) is 59.4 Å². The molecule has 0 saturated carbocycles. The summed E-state index contributed by atoms with van der Waals surface area (Å²) in [5.74, 6) is 0.704. The zero-order chi connectivity index (χ0) is 11.4. The van der Waals surface area contributed by atoms with E-state index in [1.54, 1.807) is 12.3 Å². The van der Waals surface area contributed by atoms with Crippen LogP contribution in [0.1, 0.15) is 29.9 Å². The van der Waals surface area contributed by atoms with Gasteiger partial charge < -0.3 is 15.3 Å². The molecule has 2 unspecified atom stereocenters. The molecule has 3 heteroatoms. The van der Waals surface area contributed by atoms with E-state index in [1.165, 1.54) is 0 Å². The Morgan fingerprint density at radius 3 is 2.50 bits per heavy atom. The standard InChI is InChI=1S/C13H15NO2/c14-11(13-7-4-8-16-13)9-12(15)10-5-2-1-3-6-10/h1-8,11-12,15H,9,14H2. The van der Waals surface area contributed by atoms with Crippen LogP contribution in [-0.2, 0) is 0 Å². The number of benzene rings is 1.